The highest BCUT2D eigenvalue weighted by Crippen LogP contribution is 2.39. The van der Waals surface area contributed by atoms with Gasteiger partial charge in [0.05, 0.1) is 0 Å². The fourth-order valence-electron chi connectivity index (χ4n) is 1.09. The first-order chi connectivity index (χ1) is 4.10. The van der Waals surface area contributed by atoms with Crippen molar-refractivity contribution in [2.75, 3.05) is 0 Å². The maximum atomic E-state index is 8.51. The number of hydrogen-bond donors (Lipinski definition) is 0. The highest BCUT2D eigenvalue weighted by molar-refractivity contribution is 5.15. The normalized spacial score (nSPS) is 40.6. The van der Waals surface area contributed by atoms with Crippen LogP contribution < -0.4 is 0 Å². The second-order valence-electron chi connectivity index (χ2n) is 3.00. The predicted molar refractivity (Wildman–Crippen MR) is 33.7 cm³/mol. The minimum Gasteiger partial charge on any atom is -0.350 e. The SMILES string of the molecule is CC(C)[C@@H]1O[C@]1(C)C#N. The molecule has 0 saturated carbocycles. The van der Waals surface area contributed by atoms with Gasteiger partial charge < -0.3 is 4.74 Å². The van der Waals surface area contributed by atoms with E-state index in [9.17, 15) is 0 Å². The molecule has 50 valence electrons. The van der Waals surface area contributed by atoms with Crippen LogP contribution in [-0.2, 0) is 4.74 Å². The van der Waals surface area contributed by atoms with Gasteiger partial charge in [-0.25, -0.2) is 0 Å². The van der Waals surface area contributed by atoms with Crippen LogP contribution in [0.4, 0.5) is 0 Å². The second kappa shape index (κ2) is 1.71. The van der Waals surface area contributed by atoms with Gasteiger partial charge in [-0.3, -0.25) is 0 Å². The average molecular weight is 125 g/mol. The third-order valence-electron chi connectivity index (χ3n) is 1.68. The van der Waals surface area contributed by atoms with Crippen LogP contribution in [0.5, 0.6) is 0 Å². The Bertz CT molecular complexity index is 159. The summed E-state index contributed by atoms with van der Waals surface area (Å²) in [6, 6.07) is 2.12. The molecule has 1 saturated heterocycles. The highest BCUT2D eigenvalue weighted by Gasteiger charge is 2.54. The van der Waals surface area contributed by atoms with Crippen LogP contribution >= 0.6 is 0 Å². The van der Waals surface area contributed by atoms with Gasteiger partial charge in [0.15, 0.2) is 5.60 Å². The van der Waals surface area contributed by atoms with Crippen molar-refractivity contribution < 1.29 is 4.74 Å². The number of nitrogens with zero attached hydrogens (tertiary/aromatic N) is 1. The summed E-state index contributed by atoms with van der Waals surface area (Å²) in [6.45, 7) is 5.96. The van der Waals surface area contributed by atoms with Crippen LogP contribution in [-0.4, -0.2) is 11.7 Å². The molecule has 9 heavy (non-hydrogen) atoms. The maximum absolute atomic E-state index is 8.51. The van der Waals surface area contributed by atoms with Gasteiger partial charge >= 0.3 is 0 Å². The van der Waals surface area contributed by atoms with Crippen molar-refractivity contribution in [3.63, 3.8) is 0 Å². The van der Waals surface area contributed by atoms with Crippen LogP contribution in [0.2, 0.25) is 0 Å². The van der Waals surface area contributed by atoms with Gasteiger partial charge in [0.1, 0.15) is 12.2 Å². The molecule has 0 N–H and O–H groups in total. The van der Waals surface area contributed by atoms with Crippen molar-refractivity contribution in [3.05, 3.63) is 0 Å². The third-order valence-corrected chi connectivity index (χ3v) is 1.68. The van der Waals surface area contributed by atoms with E-state index in [1.165, 1.54) is 0 Å². The van der Waals surface area contributed by atoms with Crippen LogP contribution in [0.3, 0.4) is 0 Å². The molecule has 0 radical (unpaired) electrons. The van der Waals surface area contributed by atoms with E-state index in [0.717, 1.165) is 0 Å². The molecule has 1 aliphatic heterocycles. The molecular weight excluding hydrogens is 114 g/mol. The molecule has 0 unspecified atom stereocenters. The fraction of sp³-hybridized carbons (Fsp3) is 0.857. The molecule has 2 nitrogen and oxygen atoms in total. The molecule has 1 heterocycles. The fourth-order valence-corrected chi connectivity index (χ4v) is 1.09. The van der Waals surface area contributed by atoms with Crippen LogP contribution in [0.1, 0.15) is 20.8 Å². The Morgan fingerprint density at radius 2 is 2.22 bits per heavy atom. The minimum absolute atomic E-state index is 0.169. The Labute approximate surface area is 55.4 Å². The molecule has 2 atom stereocenters. The zero-order valence-corrected chi connectivity index (χ0v) is 6.01. The van der Waals surface area contributed by atoms with Crippen LogP contribution in [0, 0.1) is 17.2 Å². The van der Waals surface area contributed by atoms with E-state index in [2.05, 4.69) is 19.9 Å². The summed E-state index contributed by atoms with van der Waals surface area (Å²) in [4.78, 5) is 0. The summed E-state index contributed by atoms with van der Waals surface area (Å²) in [5, 5.41) is 8.51. The van der Waals surface area contributed by atoms with Gasteiger partial charge in [-0.2, -0.15) is 5.26 Å². The van der Waals surface area contributed by atoms with Crippen LogP contribution in [0.25, 0.3) is 0 Å². The zero-order chi connectivity index (χ0) is 7.07. The van der Waals surface area contributed by atoms with Gasteiger partial charge in [-0.05, 0) is 12.8 Å². The molecule has 1 fully saturated rings. The molecule has 0 aromatic rings. The number of nitriles is 1. The summed E-state index contributed by atoms with van der Waals surface area (Å²) < 4.78 is 5.15. The Hall–Kier alpha value is -0.550. The molecule has 0 spiro atoms. The first-order valence-corrected chi connectivity index (χ1v) is 3.19. The van der Waals surface area contributed by atoms with Gasteiger partial charge in [0, 0.05) is 0 Å². The third kappa shape index (κ3) is 0.927. The van der Waals surface area contributed by atoms with E-state index in [0.29, 0.717) is 5.92 Å². The number of rotatable bonds is 1. The van der Waals surface area contributed by atoms with Crippen LogP contribution in [0.15, 0.2) is 0 Å². The van der Waals surface area contributed by atoms with E-state index >= 15 is 0 Å². The summed E-state index contributed by atoms with van der Waals surface area (Å²) in [5.41, 5.74) is -0.464. The standard InChI is InChI=1S/C7H11NO/c1-5(2)6-7(3,4-8)9-6/h5-6H,1-3H3/t6-,7+/m0/s1. The Morgan fingerprint density at radius 3 is 2.33 bits per heavy atom. The van der Waals surface area contributed by atoms with Crippen molar-refractivity contribution in [3.8, 4) is 6.07 Å². The zero-order valence-electron chi connectivity index (χ0n) is 6.01. The van der Waals surface area contributed by atoms with Crippen molar-refractivity contribution in [2.24, 2.45) is 5.92 Å². The van der Waals surface area contributed by atoms with Gasteiger partial charge in [0.25, 0.3) is 0 Å². The number of ether oxygens (including phenoxy) is 1. The molecule has 0 aromatic carbocycles. The molecular formula is C7H11NO. The molecule has 0 bridgehead atoms. The average Bonchev–Trinajstić information content (AvgIpc) is 2.44. The molecule has 0 amide bonds. The van der Waals surface area contributed by atoms with Gasteiger partial charge in [-0.1, -0.05) is 13.8 Å². The molecule has 2 heteroatoms. The molecule has 0 aromatic heterocycles. The minimum atomic E-state index is -0.464. The van der Waals surface area contributed by atoms with E-state index in [1.54, 1.807) is 0 Å². The lowest BCUT2D eigenvalue weighted by molar-refractivity contribution is 0.320. The monoisotopic (exact) mass is 125 g/mol. The van der Waals surface area contributed by atoms with E-state index in [4.69, 9.17) is 10.00 Å². The van der Waals surface area contributed by atoms with Crippen molar-refractivity contribution in [2.45, 2.75) is 32.5 Å². The van der Waals surface area contributed by atoms with E-state index in [-0.39, 0.29) is 6.10 Å². The van der Waals surface area contributed by atoms with E-state index < -0.39 is 5.60 Å². The topological polar surface area (TPSA) is 36.3 Å². The molecule has 1 rings (SSSR count). The Kier molecular flexibility index (Phi) is 1.25. The summed E-state index contributed by atoms with van der Waals surface area (Å²) in [6.07, 6.45) is 0.169. The molecule has 1 aliphatic rings. The molecule has 0 aliphatic carbocycles. The lowest BCUT2D eigenvalue weighted by Gasteiger charge is -1.96. The Balaban J connectivity index is 2.51. The number of epoxide rings is 1. The quantitative estimate of drug-likeness (QED) is 0.495. The second-order valence-corrected chi connectivity index (χ2v) is 3.00. The van der Waals surface area contributed by atoms with Crippen molar-refractivity contribution >= 4 is 0 Å². The van der Waals surface area contributed by atoms with Gasteiger partial charge in [-0.15, -0.1) is 0 Å². The number of hydrogen-bond acceptors (Lipinski definition) is 2. The largest absolute Gasteiger partial charge is 0.350 e. The van der Waals surface area contributed by atoms with Gasteiger partial charge in [0.2, 0.25) is 0 Å². The van der Waals surface area contributed by atoms with Crippen molar-refractivity contribution in [1.29, 1.82) is 5.26 Å². The maximum Gasteiger partial charge on any atom is 0.178 e. The summed E-state index contributed by atoms with van der Waals surface area (Å²) >= 11 is 0. The van der Waals surface area contributed by atoms with Crippen molar-refractivity contribution in [1.82, 2.24) is 0 Å². The van der Waals surface area contributed by atoms with E-state index in [1.807, 2.05) is 6.92 Å². The summed E-state index contributed by atoms with van der Waals surface area (Å²) in [7, 11) is 0. The first kappa shape index (κ1) is 6.57. The first-order valence-electron chi connectivity index (χ1n) is 3.19. The summed E-state index contributed by atoms with van der Waals surface area (Å²) in [5.74, 6) is 0.467. The predicted octanol–water partition coefficient (Wildman–Crippen LogP) is 1.32. The smallest absolute Gasteiger partial charge is 0.178 e. The Morgan fingerprint density at radius 1 is 1.67 bits per heavy atom. The lowest BCUT2D eigenvalue weighted by atomic mass is 10.0. The lowest BCUT2D eigenvalue weighted by Crippen LogP contribution is -2.10. The highest BCUT2D eigenvalue weighted by atomic mass is 16.6.